The Morgan fingerprint density at radius 2 is 1.84 bits per heavy atom. The Labute approximate surface area is 184 Å². The molecule has 32 heavy (non-hydrogen) atoms. The third kappa shape index (κ3) is 7.21. The quantitative estimate of drug-likeness (QED) is 0.618. The van der Waals surface area contributed by atoms with Gasteiger partial charge in [-0.25, -0.2) is 4.98 Å². The Morgan fingerprint density at radius 3 is 2.44 bits per heavy atom. The molecule has 1 N–H and O–H groups in total. The Balaban J connectivity index is 2.15. The number of aromatic nitrogens is 2. The van der Waals surface area contributed by atoms with Crippen molar-refractivity contribution < 1.29 is 32.2 Å². The first-order chi connectivity index (χ1) is 14.9. The van der Waals surface area contributed by atoms with Crippen LogP contribution in [-0.4, -0.2) is 41.6 Å². The van der Waals surface area contributed by atoms with Crippen molar-refractivity contribution >= 4 is 11.7 Å². The van der Waals surface area contributed by atoms with E-state index in [0.29, 0.717) is 22.5 Å². The fourth-order valence-electron chi connectivity index (χ4n) is 2.79. The zero-order valence-corrected chi connectivity index (χ0v) is 18.5. The second kappa shape index (κ2) is 10.4. The first kappa shape index (κ1) is 25.1. The van der Waals surface area contributed by atoms with Gasteiger partial charge in [0, 0.05) is 35.5 Å². The van der Waals surface area contributed by atoms with E-state index in [1.165, 1.54) is 19.4 Å². The molecule has 0 bridgehead atoms. The molecule has 7 nitrogen and oxygen atoms in total. The summed E-state index contributed by atoms with van der Waals surface area (Å²) in [6.07, 6.45) is -3.06. The number of carbonyl (C=O) groups excluding carboxylic acids is 2. The summed E-state index contributed by atoms with van der Waals surface area (Å²) in [7, 11) is 1.28. The summed E-state index contributed by atoms with van der Waals surface area (Å²) in [6, 6.07) is 4.10. The normalized spacial score (nSPS) is 12.4. The number of carbonyl (C=O) groups is 2. The van der Waals surface area contributed by atoms with Gasteiger partial charge in [0.15, 0.2) is 12.4 Å². The maximum Gasteiger partial charge on any atom is 0.422 e. The number of nitrogens with one attached hydrogen (secondary N) is 1. The highest BCUT2D eigenvalue weighted by Crippen LogP contribution is 2.29. The number of methoxy groups -OCH3 is 1. The van der Waals surface area contributed by atoms with Crippen molar-refractivity contribution in [2.75, 3.05) is 13.7 Å². The smallest absolute Gasteiger partial charge is 0.422 e. The Bertz CT molecular complexity index is 977. The van der Waals surface area contributed by atoms with Crippen LogP contribution >= 0.6 is 0 Å². The number of Topliss-reactive ketones (excluding diaryl/α,β-unsaturated/α-hetero) is 1. The number of halogens is 3. The number of ketones is 1. The molecule has 2 aromatic rings. The third-order valence-corrected chi connectivity index (χ3v) is 4.55. The number of hydrogen-bond acceptors (Lipinski definition) is 6. The fraction of sp³-hybridized carbons (Fsp3) is 0.455. The van der Waals surface area contributed by atoms with Gasteiger partial charge in [0.25, 0.3) is 11.8 Å². The zero-order valence-electron chi connectivity index (χ0n) is 18.5. The van der Waals surface area contributed by atoms with Crippen molar-refractivity contribution in [3.05, 3.63) is 46.9 Å². The van der Waals surface area contributed by atoms with E-state index in [4.69, 9.17) is 4.74 Å². The lowest BCUT2D eigenvalue weighted by atomic mass is 10.0. The van der Waals surface area contributed by atoms with Crippen LogP contribution in [0.1, 0.15) is 54.1 Å². The lowest BCUT2D eigenvalue weighted by Crippen LogP contribution is -2.27. The van der Waals surface area contributed by atoms with Crippen molar-refractivity contribution in [2.45, 2.75) is 46.3 Å². The summed E-state index contributed by atoms with van der Waals surface area (Å²) in [5.74, 6) is -0.787. The van der Waals surface area contributed by atoms with Crippen LogP contribution in [-0.2, 0) is 11.2 Å². The number of rotatable bonds is 9. The molecule has 0 fully saturated rings. The summed E-state index contributed by atoms with van der Waals surface area (Å²) >= 11 is 0. The number of pyridine rings is 2. The van der Waals surface area contributed by atoms with Crippen LogP contribution in [0.3, 0.4) is 0 Å². The number of alkyl halides is 3. The first-order valence-corrected chi connectivity index (χ1v) is 9.94. The van der Waals surface area contributed by atoms with Crippen LogP contribution in [0, 0.1) is 12.8 Å². The molecule has 0 saturated heterocycles. The highest BCUT2D eigenvalue weighted by Gasteiger charge is 2.29. The van der Waals surface area contributed by atoms with E-state index in [1.807, 2.05) is 0 Å². The molecule has 2 aromatic heterocycles. The van der Waals surface area contributed by atoms with E-state index in [-0.39, 0.29) is 29.8 Å². The summed E-state index contributed by atoms with van der Waals surface area (Å²) in [5, 5.41) is 2.80. The highest BCUT2D eigenvalue weighted by atomic mass is 19.4. The van der Waals surface area contributed by atoms with Crippen molar-refractivity contribution in [3.8, 4) is 11.6 Å². The van der Waals surface area contributed by atoms with Crippen LogP contribution in [0.2, 0.25) is 0 Å². The molecule has 0 aliphatic carbocycles. The lowest BCUT2D eigenvalue weighted by Gasteiger charge is -2.17. The fourth-order valence-corrected chi connectivity index (χ4v) is 2.79. The van der Waals surface area contributed by atoms with Gasteiger partial charge >= 0.3 is 6.18 Å². The number of nitrogens with zero attached hydrogens (tertiary/aromatic N) is 2. The third-order valence-electron chi connectivity index (χ3n) is 4.55. The van der Waals surface area contributed by atoms with Crippen LogP contribution < -0.4 is 14.8 Å². The summed E-state index contributed by atoms with van der Waals surface area (Å²) in [6.45, 7) is 5.54. The molecule has 0 radical (unpaired) electrons. The summed E-state index contributed by atoms with van der Waals surface area (Å²) in [5.41, 5.74) is 1.97. The van der Waals surface area contributed by atoms with E-state index in [9.17, 15) is 22.8 Å². The number of aryl methyl sites for hydroxylation is 1. The monoisotopic (exact) mass is 453 g/mol. The maximum atomic E-state index is 12.8. The molecule has 174 valence electrons. The molecule has 1 atom stereocenters. The van der Waals surface area contributed by atoms with E-state index >= 15 is 0 Å². The second-order valence-corrected chi connectivity index (χ2v) is 7.66. The first-order valence-electron chi connectivity index (χ1n) is 9.94. The van der Waals surface area contributed by atoms with E-state index in [2.05, 4.69) is 20.0 Å². The number of amides is 1. The van der Waals surface area contributed by atoms with Gasteiger partial charge in [0.1, 0.15) is 5.78 Å². The molecule has 0 aromatic carbocycles. The minimum absolute atomic E-state index is 0.0158. The SMILES string of the molecule is COc1cc(C(C)NC(=O)c2cc(C)nc(CC(=O)C(C)C)c2)cnc1OCC(F)(F)F. The molecule has 1 unspecified atom stereocenters. The van der Waals surface area contributed by atoms with Gasteiger partial charge in [-0.2, -0.15) is 13.2 Å². The maximum absolute atomic E-state index is 12.8. The van der Waals surface area contributed by atoms with E-state index in [0.717, 1.165) is 0 Å². The average Bonchev–Trinajstić information content (AvgIpc) is 2.70. The van der Waals surface area contributed by atoms with Gasteiger partial charge in [0.05, 0.1) is 13.2 Å². The van der Waals surface area contributed by atoms with Gasteiger partial charge in [-0.1, -0.05) is 13.8 Å². The largest absolute Gasteiger partial charge is 0.491 e. The minimum Gasteiger partial charge on any atom is -0.491 e. The topological polar surface area (TPSA) is 90.4 Å². The molecule has 0 spiro atoms. The van der Waals surface area contributed by atoms with Crippen LogP contribution in [0.4, 0.5) is 13.2 Å². The second-order valence-electron chi connectivity index (χ2n) is 7.66. The predicted molar refractivity (Wildman–Crippen MR) is 111 cm³/mol. The minimum atomic E-state index is -4.51. The van der Waals surface area contributed by atoms with Crippen molar-refractivity contribution in [1.82, 2.24) is 15.3 Å². The molecule has 0 saturated carbocycles. The summed E-state index contributed by atoms with van der Waals surface area (Å²) in [4.78, 5) is 33.0. The Hall–Kier alpha value is -3.17. The highest BCUT2D eigenvalue weighted by molar-refractivity contribution is 5.95. The Morgan fingerprint density at radius 1 is 1.16 bits per heavy atom. The van der Waals surface area contributed by atoms with Gasteiger partial charge < -0.3 is 14.8 Å². The molecule has 0 aliphatic heterocycles. The van der Waals surface area contributed by atoms with Crippen molar-refractivity contribution in [3.63, 3.8) is 0 Å². The van der Waals surface area contributed by atoms with Gasteiger partial charge in [-0.05, 0) is 37.6 Å². The molecular formula is C22H26F3N3O4. The average molecular weight is 453 g/mol. The van der Waals surface area contributed by atoms with Gasteiger partial charge in [0.2, 0.25) is 0 Å². The van der Waals surface area contributed by atoms with Crippen LogP contribution in [0.15, 0.2) is 24.4 Å². The molecule has 2 rings (SSSR count). The van der Waals surface area contributed by atoms with E-state index in [1.54, 1.807) is 39.8 Å². The standard InChI is InChI=1S/C22H26F3N3O4/c1-12(2)18(29)9-17-7-15(6-13(3)27-17)20(30)28-14(4)16-8-19(31-5)21(26-10-16)32-11-22(23,24)25/h6-8,10,12,14H,9,11H2,1-5H3,(H,28,30). The van der Waals surface area contributed by atoms with Crippen molar-refractivity contribution in [2.24, 2.45) is 5.92 Å². The molecular weight excluding hydrogens is 427 g/mol. The molecule has 0 aliphatic rings. The number of hydrogen-bond donors (Lipinski definition) is 1. The molecule has 10 heteroatoms. The predicted octanol–water partition coefficient (Wildman–Crippen LogP) is 3.99. The zero-order chi connectivity index (χ0) is 24.1. The van der Waals surface area contributed by atoms with Crippen LogP contribution in [0.25, 0.3) is 0 Å². The van der Waals surface area contributed by atoms with Crippen LogP contribution in [0.5, 0.6) is 11.6 Å². The van der Waals surface area contributed by atoms with Crippen molar-refractivity contribution in [1.29, 1.82) is 0 Å². The summed E-state index contributed by atoms with van der Waals surface area (Å²) < 4.78 is 46.9. The van der Waals surface area contributed by atoms with Gasteiger partial charge in [-0.15, -0.1) is 0 Å². The number of ether oxygens (including phenoxy) is 2. The Kier molecular flexibility index (Phi) is 8.18. The molecule has 2 heterocycles. The molecule has 1 amide bonds. The van der Waals surface area contributed by atoms with E-state index < -0.39 is 24.7 Å². The lowest BCUT2D eigenvalue weighted by molar-refractivity contribution is -0.154. The van der Waals surface area contributed by atoms with Gasteiger partial charge in [-0.3, -0.25) is 14.6 Å².